The molecule has 0 fully saturated rings. The lowest BCUT2D eigenvalue weighted by atomic mass is 10.2. The minimum Gasteiger partial charge on any atom is -0.322 e. The Kier molecular flexibility index (Phi) is 4.08. The van der Waals surface area contributed by atoms with E-state index in [2.05, 4.69) is 15.3 Å². The molecule has 1 amide bonds. The van der Waals surface area contributed by atoms with Crippen molar-refractivity contribution >= 4 is 11.6 Å². The third-order valence-corrected chi connectivity index (χ3v) is 2.89. The summed E-state index contributed by atoms with van der Waals surface area (Å²) in [6.45, 7) is 5.70. The van der Waals surface area contributed by atoms with Crippen molar-refractivity contribution in [1.82, 2.24) is 9.97 Å². The van der Waals surface area contributed by atoms with Crippen LogP contribution >= 0.6 is 0 Å². The van der Waals surface area contributed by atoms with Gasteiger partial charge in [0, 0.05) is 24.0 Å². The molecule has 1 N–H and O–H groups in total. The van der Waals surface area contributed by atoms with E-state index in [1.807, 2.05) is 13.8 Å². The molecule has 0 radical (unpaired) electrons. The average molecular weight is 273 g/mol. The highest BCUT2D eigenvalue weighted by atomic mass is 19.1. The van der Waals surface area contributed by atoms with Crippen molar-refractivity contribution in [2.75, 3.05) is 5.32 Å². The number of hydrogen-bond donors (Lipinski definition) is 1. The predicted octanol–water partition coefficient (Wildman–Crippen LogP) is 3.30. The van der Waals surface area contributed by atoms with Gasteiger partial charge in [0.15, 0.2) is 0 Å². The SMILES string of the molecule is Cc1cc(F)ccc1NC(=O)c1cnc(C(C)C)nc1. The summed E-state index contributed by atoms with van der Waals surface area (Å²) in [7, 11) is 0. The molecule has 0 aliphatic rings. The number of halogens is 1. The van der Waals surface area contributed by atoms with E-state index < -0.39 is 0 Å². The molecule has 1 aromatic heterocycles. The molecule has 0 spiro atoms. The Morgan fingerprint density at radius 3 is 2.45 bits per heavy atom. The highest BCUT2D eigenvalue weighted by Crippen LogP contribution is 2.16. The van der Waals surface area contributed by atoms with Gasteiger partial charge in [-0.15, -0.1) is 0 Å². The van der Waals surface area contributed by atoms with Crippen LogP contribution in [-0.2, 0) is 0 Å². The monoisotopic (exact) mass is 273 g/mol. The van der Waals surface area contributed by atoms with Crippen LogP contribution < -0.4 is 5.32 Å². The van der Waals surface area contributed by atoms with E-state index in [4.69, 9.17) is 0 Å². The largest absolute Gasteiger partial charge is 0.322 e. The molecule has 4 nitrogen and oxygen atoms in total. The van der Waals surface area contributed by atoms with Crippen molar-refractivity contribution in [2.24, 2.45) is 0 Å². The van der Waals surface area contributed by atoms with Gasteiger partial charge in [-0.25, -0.2) is 14.4 Å². The number of carbonyl (C=O) groups excluding carboxylic acids is 1. The van der Waals surface area contributed by atoms with Crippen LogP contribution in [0.2, 0.25) is 0 Å². The molecule has 0 aliphatic carbocycles. The summed E-state index contributed by atoms with van der Waals surface area (Å²) in [4.78, 5) is 20.3. The Hall–Kier alpha value is -2.30. The first-order chi connectivity index (χ1) is 9.47. The molecule has 5 heteroatoms. The van der Waals surface area contributed by atoms with Gasteiger partial charge in [-0.2, -0.15) is 0 Å². The van der Waals surface area contributed by atoms with E-state index in [1.54, 1.807) is 6.92 Å². The number of nitrogens with zero attached hydrogens (tertiary/aromatic N) is 2. The first kappa shape index (κ1) is 14.1. The van der Waals surface area contributed by atoms with E-state index in [0.29, 0.717) is 22.6 Å². The van der Waals surface area contributed by atoms with Crippen LogP contribution in [-0.4, -0.2) is 15.9 Å². The van der Waals surface area contributed by atoms with Crippen LogP contribution in [0.1, 0.15) is 41.5 Å². The minimum atomic E-state index is -0.329. The van der Waals surface area contributed by atoms with Crippen LogP contribution in [0.3, 0.4) is 0 Å². The Morgan fingerprint density at radius 2 is 1.90 bits per heavy atom. The maximum atomic E-state index is 13.0. The van der Waals surface area contributed by atoms with Gasteiger partial charge < -0.3 is 5.32 Å². The molecule has 0 unspecified atom stereocenters. The van der Waals surface area contributed by atoms with Gasteiger partial charge >= 0.3 is 0 Å². The molecular weight excluding hydrogens is 257 g/mol. The van der Waals surface area contributed by atoms with Gasteiger partial charge in [0.2, 0.25) is 0 Å². The van der Waals surface area contributed by atoms with E-state index in [1.165, 1.54) is 30.6 Å². The number of nitrogens with one attached hydrogen (secondary N) is 1. The van der Waals surface area contributed by atoms with Gasteiger partial charge in [-0.05, 0) is 30.7 Å². The molecule has 20 heavy (non-hydrogen) atoms. The molecule has 2 rings (SSSR count). The summed E-state index contributed by atoms with van der Waals surface area (Å²) in [5, 5.41) is 2.72. The van der Waals surface area contributed by atoms with E-state index >= 15 is 0 Å². The molecule has 0 aliphatic heterocycles. The number of aryl methyl sites for hydroxylation is 1. The highest BCUT2D eigenvalue weighted by Gasteiger charge is 2.10. The first-order valence-corrected chi connectivity index (χ1v) is 6.37. The van der Waals surface area contributed by atoms with Crippen LogP contribution in [0, 0.1) is 12.7 Å². The third-order valence-electron chi connectivity index (χ3n) is 2.89. The van der Waals surface area contributed by atoms with Crippen molar-refractivity contribution in [3.63, 3.8) is 0 Å². The molecule has 1 heterocycles. The quantitative estimate of drug-likeness (QED) is 0.933. The zero-order valence-electron chi connectivity index (χ0n) is 11.6. The Bertz CT molecular complexity index is 624. The lowest BCUT2D eigenvalue weighted by Gasteiger charge is -2.09. The Morgan fingerprint density at radius 1 is 1.25 bits per heavy atom. The fourth-order valence-corrected chi connectivity index (χ4v) is 1.72. The minimum absolute atomic E-state index is 0.214. The predicted molar refractivity (Wildman–Crippen MR) is 75.2 cm³/mol. The number of rotatable bonds is 3. The van der Waals surface area contributed by atoms with Gasteiger partial charge in [-0.3, -0.25) is 4.79 Å². The average Bonchev–Trinajstić information content (AvgIpc) is 2.42. The second kappa shape index (κ2) is 5.77. The van der Waals surface area contributed by atoms with E-state index in [-0.39, 0.29) is 17.6 Å². The zero-order valence-corrected chi connectivity index (χ0v) is 11.6. The highest BCUT2D eigenvalue weighted by molar-refractivity contribution is 6.04. The summed E-state index contributed by atoms with van der Waals surface area (Å²) in [6.07, 6.45) is 2.99. The van der Waals surface area contributed by atoms with Crippen molar-refractivity contribution in [3.8, 4) is 0 Å². The summed E-state index contributed by atoms with van der Waals surface area (Å²) < 4.78 is 13.0. The number of hydrogen-bond acceptors (Lipinski definition) is 3. The van der Waals surface area contributed by atoms with Crippen molar-refractivity contribution < 1.29 is 9.18 Å². The fraction of sp³-hybridized carbons (Fsp3) is 0.267. The molecule has 0 saturated carbocycles. The molecule has 104 valence electrons. The number of aromatic nitrogens is 2. The Labute approximate surface area is 117 Å². The number of benzene rings is 1. The molecular formula is C15H16FN3O. The standard InChI is InChI=1S/C15H16FN3O/c1-9(2)14-17-7-11(8-18-14)15(20)19-13-5-4-12(16)6-10(13)3/h4-9H,1-3H3,(H,19,20). The van der Waals surface area contributed by atoms with Crippen molar-refractivity contribution in [2.45, 2.75) is 26.7 Å². The fourth-order valence-electron chi connectivity index (χ4n) is 1.72. The first-order valence-electron chi connectivity index (χ1n) is 6.37. The smallest absolute Gasteiger partial charge is 0.258 e. The zero-order chi connectivity index (χ0) is 14.7. The van der Waals surface area contributed by atoms with E-state index in [0.717, 1.165) is 0 Å². The topological polar surface area (TPSA) is 54.9 Å². The van der Waals surface area contributed by atoms with Crippen LogP contribution in [0.25, 0.3) is 0 Å². The van der Waals surface area contributed by atoms with Crippen LogP contribution in [0.5, 0.6) is 0 Å². The molecule has 0 saturated heterocycles. The second-order valence-corrected chi connectivity index (χ2v) is 4.90. The third kappa shape index (κ3) is 3.17. The summed E-state index contributed by atoms with van der Waals surface area (Å²) >= 11 is 0. The normalized spacial score (nSPS) is 10.7. The van der Waals surface area contributed by atoms with Gasteiger partial charge in [-0.1, -0.05) is 13.8 Å². The lowest BCUT2D eigenvalue weighted by Crippen LogP contribution is -2.14. The van der Waals surface area contributed by atoms with Crippen LogP contribution in [0.15, 0.2) is 30.6 Å². The van der Waals surface area contributed by atoms with Crippen LogP contribution in [0.4, 0.5) is 10.1 Å². The molecule has 0 bridgehead atoms. The second-order valence-electron chi connectivity index (χ2n) is 4.90. The number of anilines is 1. The van der Waals surface area contributed by atoms with E-state index in [9.17, 15) is 9.18 Å². The molecule has 2 aromatic rings. The van der Waals surface area contributed by atoms with Gasteiger partial charge in [0.05, 0.1) is 5.56 Å². The van der Waals surface area contributed by atoms with Gasteiger partial charge in [0.1, 0.15) is 11.6 Å². The number of carbonyl (C=O) groups is 1. The maximum absolute atomic E-state index is 13.0. The summed E-state index contributed by atoms with van der Waals surface area (Å²) in [6, 6.07) is 4.21. The Balaban J connectivity index is 2.15. The van der Waals surface area contributed by atoms with Crippen molar-refractivity contribution in [3.05, 3.63) is 53.4 Å². The summed E-state index contributed by atoms with van der Waals surface area (Å²) in [5.41, 5.74) is 1.61. The lowest BCUT2D eigenvalue weighted by molar-refractivity contribution is 0.102. The molecule has 0 atom stereocenters. The maximum Gasteiger partial charge on any atom is 0.258 e. The van der Waals surface area contributed by atoms with Gasteiger partial charge in [0.25, 0.3) is 5.91 Å². The van der Waals surface area contributed by atoms with Crippen molar-refractivity contribution in [1.29, 1.82) is 0 Å². The summed E-state index contributed by atoms with van der Waals surface area (Å²) in [5.74, 6) is 0.270. The number of amides is 1. The molecule has 1 aromatic carbocycles.